The Hall–Kier alpha value is -3.29. The summed E-state index contributed by atoms with van der Waals surface area (Å²) in [5.74, 6) is -0.828. The molecule has 0 atom stereocenters. The van der Waals surface area contributed by atoms with Gasteiger partial charge >= 0.3 is 0 Å². The predicted molar refractivity (Wildman–Crippen MR) is 83.6 cm³/mol. The summed E-state index contributed by atoms with van der Waals surface area (Å²) in [5, 5.41) is 13.0. The van der Waals surface area contributed by atoms with Crippen molar-refractivity contribution in [3.8, 4) is 0 Å². The molecule has 2 N–H and O–H groups in total. The predicted octanol–water partition coefficient (Wildman–Crippen LogP) is 0.915. The second kappa shape index (κ2) is 6.86. The molecule has 0 saturated carbocycles. The van der Waals surface area contributed by atoms with Crippen LogP contribution < -0.4 is 10.6 Å². The van der Waals surface area contributed by atoms with E-state index in [1.807, 2.05) is 12.1 Å². The van der Waals surface area contributed by atoms with Gasteiger partial charge in [-0.3, -0.25) is 14.0 Å². The van der Waals surface area contributed by atoms with Crippen LogP contribution in [0.1, 0.15) is 16.2 Å². The van der Waals surface area contributed by atoms with Gasteiger partial charge in [-0.1, -0.05) is 12.1 Å². The summed E-state index contributed by atoms with van der Waals surface area (Å²) in [6, 6.07) is 10.7. The zero-order chi connectivity index (χ0) is 16.9. The lowest BCUT2D eigenvalue weighted by molar-refractivity contribution is -0.120. The number of halogens is 1. The molecular formula is C16H14FN5O2. The van der Waals surface area contributed by atoms with Crippen molar-refractivity contribution >= 4 is 17.5 Å². The van der Waals surface area contributed by atoms with Crippen molar-refractivity contribution in [3.05, 3.63) is 65.9 Å². The van der Waals surface area contributed by atoms with E-state index in [4.69, 9.17) is 0 Å². The number of benzene rings is 1. The van der Waals surface area contributed by atoms with E-state index in [1.165, 1.54) is 18.2 Å². The smallest absolute Gasteiger partial charge is 0.251 e. The molecule has 2 aromatic heterocycles. The first kappa shape index (κ1) is 15.6. The highest BCUT2D eigenvalue weighted by atomic mass is 19.1. The number of hydrogen-bond donors (Lipinski definition) is 2. The molecule has 0 bridgehead atoms. The highest BCUT2D eigenvalue weighted by Gasteiger charge is 2.10. The molecule has 2 heterocycles. The van der Waals surface area contributed by atoms with Gasteiger partial charge in [0.2, 0.25) is 5.91 Å². The van der Waals surface area contributed by atoms with Crippen LogP contribution >= 0.6 is 0 Å². The van der Waals surface area contributed by atoms with Crippen molar-refractivity contribution in [2.45, 2.75) is 6.54 Å². The second-order valence-corrected chi connectivity index (χ2v) is 5.01. The molecule has 122 valence electrons. The summed E-state index contributed by atoms with van der Waals surface area (Å²) < 4.78 is 14.8. The fraction of sp³-hybridized carbons (Fsp3) is 0.125. The molecule has 1 aromatic carbocycles. The van der Waals surface area contributed by atoms with Crippen molar-refractivity contribution < 1.29 is 14.0 Å². The summed E-state index contributed by atoms with van der Waals surface area (Å²) in [4.78, 5) is 23.6. The molecule has 0 aliphatic carbocycles. The van der Waals surface area contributed by atoms with Gasteiger partial charge in [0.05, 0.1) is 13.1 Å². The van der Waals surface area contributed by atoms with Crippen LogP contribution in [0.15, 0.2) is 48.7 Å². The molecule has 0 fully saturated rings. The molecule has 7 nitrogen and oxygen atoms in total. The molecule has 3 aromatic rings. The molecule has 8 heteroatoms. The lowest BCUT2D eigenvalue weighted by Crippen LogP contribution is -2.36. The third-order valence-corrected chi connectivity index (χ3v) is 3.32. The largest absolute Gasteiger partial charge is 0.347 e. The van der Waals surface area contributed by atoms with E-state index in [1.54, 1.807) is 16.7 Å². The fourth-order valence-electron chi connectivity index (χ4n) is 2.14. The van der Waals surface area contributed by atoms with E-state index >= 15 is 0 Å². The fourth-order valence-corrected chi connectivity index (χ4v) is 2.14. The van der Waals surface area contributed by atoms with Crippen LogP contribution in [0.5, 0.6) is 0 Å². The van der Waals surface area contributed by atoms with Gasteiger partial charge in [0.1, 0.15) is 5.82 Å². The average Bonchev–Trinajstić information content (AvgIpc) is 3.01. The van der Waals surface area contributed by atoms with Crippen LogP contribution in [-0.2, 0) is 11.3 Å². The lowest BCUT2D eigenvalue weighted by Gasteiger charge is -2.06. The van der Waals surface area contributed by atoms with Gasteiger partial charge in [0, 0.05) is 11.8 Å². The van der Waals surface area contributed by atoms with Gasteiger partial charge in [0.15, 0.2) is 11.5 Å². The monoisotopic (exact) mass is 327 g/mol. The molecule has 0 unspecified atom stereocenters. The molecule has 24 heavy (non-hydrogen) atoms. The minimum absolute atomic E-state index is 0.159. The standard InChI is InChI=1S/C16H14FN5O2/c17-12-5-3-4-11(8-12)16(24)19-10-15(23)18-9-14-21-20-13-6-1-2-7-22(13)14/h1-8H,9-10H2,(H,18,23)(H,19,24). The molecule has 0 radical (unpaired) electrons. The van der Waals surface area contributed by atoms with Gasteiger partial charge < -0.3 is 10.6 Å². The number of pyridine rings is 1. The second-order valence-electron chi connectivity index (χ2n) is 5.01. The number of nitrogens with one attached hydrogen (secondary N) is 2. The number of carbonyl (C=O) groups is 2. The minimum Gasteiger partial charge on any atom is -0.347 e. The summed E-state index contributed by atoms with van der Waals surface area (Å²) in [6.45, 7) is -0.0358. The van der Waals surface area contributed by atoms with E-state index in [0.29, 0.717) is 11.5 Å². The van der Waals surface area contributed by atoms with E-state index in [9.17, 15) is 14.0 Å². The Balaban J connectivity index is 1.52. The number of hydrogen-bond acceptors (Lipinski definition) is 4. The van der Waals surface area contributed by atoms with Crippen LogP contribution in [-0.4, -0.2) is 33.0 Å². The normalized spacial score (nSPS) is 10.5. The Morgan fingerprint density at radius 3 is 2.79 bits per heavy atom. The topological polar surface area (TPSA) is 88.4 Å². The van der Waals surface area contributed by atoms with E-state index in [2.05, 4.69) is 20.8 Å². The quantitative estimate of drug-likeness (QED) is 0.729. The zero-order valence-corrected chi connectivity index (χ0v) is 12.6. The van der Waals surface area contributed by atoms with Crippen molar-refractivity contribution in [3.63, 3.8) is 0 Å². The SMILES string of the molecule is O=C(CNC(=O)c1cccc(F)c1)NCc1nnc2ccccn12. The highest BCUT2D eigenvalue weighted by molar-refractivity contribution is 5.96. The maximum atomic E-state index is 13.1. The van der Waals surface area contributed by atoms with Crippen molar-refractivity contribution in [2.75, 3.05) is 6.54 Å². The van der Waals surface area contributed by atoms with Crippen LogP contribution in [0.3, 0.4) is 0 Å². The first-order valence-electron chi connectivity index (χ1n) is 7.22. The van der Waals surface area contributed by atoms with Crippen LogP contribution in [0, 0.1) is 5.82 Å². The van der Waals surface area contributed by atoms with E-state index < -0.39 is 11.7 Å². The molecule has 2 amide bonds. The third kappa shape index (κ3) is 3.54. The Morgan fingerprint density at radius 1 is 1.08 bits per heavy atom. The Morgan fingerprint density at radius 2 is 1.96 bits per heavy atom. The molecule has 0 spiro atoms. The zero-order valence-electron chi connectivity index (χ0n) is 12.6. The van der Waals surface area contributed by atoms with E-state index in [-0.39, 0.29) is 24.6 Å². The molecule has 0 aliphatic heterocycles. The maximum absolute atomic E-state index is 13.1. The summed E-state index contributed by atoms with van der Waals surface area (Å²) in [7, 11) is 0. The summed E-state index contributed by atoms with van der Waals surface area (Å²) in [6.07, 6.45) is 1.79. The number of nitrogens with zero attached hydrogens (tertiary/aromatic N) is 3. The van der Waals surface area contributed by atoms with Gasteiger partial charge in [-0.05, 0) is 30.3 Å². The summed E-state index contributed by atoms with van der Waals surface area (Å²) >= 11 is 0. The number of aromatic nitrogens is 3. The van der Waals surface area contributed by atoms with Crippen molar-refractivity contribution in [2.24, 2.45) is 0 Å². The Kier molecular flexibility index (Phi) is 4.46. The molecule has 3 rings (SSSR count). The Bertz CT molecular complexity index is 893. The number of rotatable bonds is 5. The minimum atomic E-state index is -0.516. The van der Waals surface area contributed by atoms with Gasteiger partial charge in [-0.25, -0.2) is 4.39 Å². The van der Waals surface area contributed by atoms with Crippen molar-refractivity contribution in [1.82, 2.24) is 25.2 Å². The number of amides is 2. The first-order valence-corrected chi connectivity index (χ1v) is 7.22. The maximum Gasteiger partial charge on any atom is 0.251 e. The third-order valence-electron chi connectivity index (χ3n) is 3.32. The highest BCUT2D eigenvalue weighted by Crippen LogP contribution is 2.03. The van der Waals surface area contributed by atoms with Crippen LogP contribution in [0.25, 0.3) is 5.65 Å². The molecular weight excluding hydrogens is 313 g/mol. The van der Waals surface area contributed by atoms with Gasteiger partial charge in [-0.2, -0.15) is 0 Å². The van der Waals surface area contributed by atoms with Gasteiger partial charge in [-0.15, -0.1) is 10.2 Å². The van der Waals surface area contributed by atoms with Crippen LogP contribution in [0.2, 0.25) is 0 Å². The number of carbonyl (C=O) groups excluding carboxylic acids is 2. The Labute approximate surface area is 136 Å². The molecule has 0 aliphatic rings. The first-order chi connectivity index (χ1) is 11.6. The molecule has 0 saturated heterocycles. The summed E-state index contributed by atoms with van der Waals surface area (Å²) in [5.41, 5.74) is 0.840. The lowest BCUT2D eigenvalue weighted by atomic mass is 10.2. The van der Waals surface area contributed by atoms with Gasteiger partial charge in [0.25, 0.3) is 5.91 Å². The van der Waals surface area contributed by atoms with Crippen molar-refractivity contribution in [1.29, 1.82) is 0 Å². The number of fused-ring (bicyclic) bond motifs is 1. The van der Waals surface area contributed by atoms with Crippen LogP contribution in [0.4, 0.5) is 4.39 Å². The average molecular weight is 327 g/mol. The van der Waals surface area contributed by atoms with E-state index in [0.717, 1.165) is 6.07 Å².